The minimum Gasteiger partial charge on any atom is -0.391 e. The molecule has 1 aliphatic heterocycles. The van der Waals surface area contributed by atoms with Crippen LogP contribution in [-0.2, 0) is 0 Å². The first-order chi connectivity index (χ1) is 18.3. The van der Waals surface area contributed by atoms with Crippen LogP contribution < -0.4 is 15.5 Å². The fourth-order valence-corrected chi connectivity index (χ4v) is 4.30. The Balaban J connectivity index is 0.000000300. The summed E-state index contributed by atoms with van der Waals surface area (Å²) in [5.41, 5.74) is 2.19. The van der Waals surface area contributed by atoms with Crippen molar-refractivity contribution < 1.29 is 13.6 Å². The normalized spacial score (nSPS) is 20.0. The smallest absolute Gasteiger partial charge is 0.271 e. The maximum Gasteiger partial charge on any atom is 0.271 e. The van der Waals surface area contributed by atoms with Gasteiger partial charge in [-0.15, -0.1) is 0 Å². The number of hydrogen-bond donors (Lipinski definition) is 2. The number of carbonyl (C=O) groups is 1. The van der Waals surface area contributed by atoms with Crippen molar-refractivity contribution in [3.8, 4) is 0 Å². The van der Waals surface area contributed by atoms with Crippen molar-refractivity contribution in [2.45, 2.75) is 72.5 Å². The molecule has 2 N–H and O–H groups in total. The number of nitrogens with zero attached hydrogens (tertiary/aromatic N) is 5. The highest BCUT2D eigenvalue weighted by atomic mass is 19.1. The van der Waals surface area contributed by atoms with E-state index < -0.39 is 5.67 Å². The molecule has 208 valence electrons. The standard InChI is InChI=1S/C17H24FN5O.C7H5FN2.2C2H6/c1-11-10-23(5-4-13(11)19-3)15-9-20-14(8-21-15)16(24)22-12-6-17(2,18)7-12;8-6-2-1-5-10-7(6)3-4-9-10;2*1-2/h8-9,12,19H,4-7,10H2,1-3H3,(H,22,24);1-5H;2*1-2H3. The van der Waals surface area contributed by atoms with Gasteiger partial charge < -0.3 is 15.5 Å². The fraction of sp³-hybridized carbons (Fsp3) is 0.500. The average Bonchev–Trinajstić information content (AvgIpc) is 3.41. The van der Waals surface area contributed by atoms with Crippen LogP contribution >= 0.6 is 0 Å². The number of aromatic nitrogens is 4. The SMILES string of the molecule is CC.CC.CNC1=C(C)CN(c2cnc(C(=O)NC3CC(C)(F)C3)cn2)CC1.Fc1cccn2nccc12. The molecule has 3 aromatic rings. The van der Waals surface area contributed by atoms with Crippen molar-refractivity contribution in [1.82, 2.24) is 30.2 Å². The Morgan fingerprint density at radius 1 is 1.13 bits per heavy atom. The summed E-state index contributed by atoms with van der Waals surface area (Å²) in [4.78, 5) is 22.9. The van der Waals surface area contributed by atoms with Gasteiger partial charge >= 0.3 is 0 Å². The van der Waals surface area contributed by atoms with Gasteiger partial charge in [-0.1, -0.05) is 27.7 Å². The molecule has 0 bridgehead atoms. The summed E-state index contributed by atoms with van der Waals surface area (Å²) in [6, 6.07) is 4.56. The molecule has 2 aliphatic rings. The van der Waals surface area contributed by atoms with Crippen molar-refractivity contribution >= 4 is 17.2 Å². The maximum absolute atomic E-state index is 13.5. The molecule has 38 heavy (non-hydrogen) atoms. The highest BCUT2D eigenvalue weighted by Crippen LogP contribution is 2.35. The van der Waals surface area contributed by atoms with Gasteiger partial charge in [-0.05, 0) is 37.6 Å². The van der Waals surface area contributed by atoms with Crippen LogP contribution in [0.25, 0.3) is 5.52 Å². The van der Waals surface area contributed by atoms with Gasteiger partial charge in [0.15, 0.2) is 0 Å². The number of anilines is 1. The van der Waals surface area contributed by atoms with Crippen LogP contribution in [0.15, 0.2) is 54.3 Å². The first-order valence-corrected chi connectivity index (χ1v) is 13.3. The summed E-state index contributed by atoms with van der Waals surface area (Å²) < 4.78 is 27.7. The van der Waals surface area contributed by atoms with E-state index in [2.05, 4.69) is 37.5 Å². The highest BCUT2D eigenvalue weighted by Gasteiger charge is 2.41. The van der Waals surface area contributed by atoms with Crippen LogP contribution in [0.4, 0.5) is 14.6 Å². The molecule has 0 saturated heterocycles. The molecule has 8 nitrogen and oxygen atoms in total. The molecule has 5 rings (SSSR count). The van der Waals surface area contributed by atoms with E-state index in [9.17, 15) is 13.6 Å². The highest BCUT2D eigenvalue weighted by molar-refractivity contribution is 5.92. The Morgan fingerprint density at radius 2 is 1.84 bits per heavy atom. The fourth-order valence-electron chi connectivity index (χ4n) is 4.30. The number of amides is 1. The number of nitrogens with one attached hydrogen (secondary N) is 2. The number of alkyl halides is 1. The van der Waals surface area contributed by atoms with E-state index in [1.165, 1.54) is 28.0 Å². The van der Waals surface area contributed by atoms with Gasteiger partial charge in [0.25, 0.3) is 5.91 Å². The molecule has 0 aromatic carbocycles. The lowest BCUT2D eigenvalue weighted by molar-refractivity contribution is 0.0443. The Bertz CT molecular complexity index is 1180. The van der Waals surface area contributed by atoms with Crippen LogP contribution in [0, 0.1) is 5.82 Å². The Kier molecular flexibility index (Phi) is 11.6. The van der Waals surface area contributed by atoms with E-state index >= 15 is 0 Å². The molecule has 1 amide bonds. The lowest BCUT2D eigenvalue weighted by atomic mass is 9.79. The molecule has 1 saturated carbocycles. The Hall–Kier alpha value is -3.56. The maximum atomic E-state index is 13.5. The second-order valence-corrected chi connectivity index (χ2v) is 8.95. The van der Waals surface area contributed by atoms with Crippen LogP contribution in [-0.4, -0.2) is 57.3 Å². The molecule has 1 fully saturated rings. The van der Waals surface area contributed by atoms with Gasteiger partial charge in [-0.3, -0.25) is 4.79 Å². The predicted molar refractivity (Wildman–Crippen MR) is 148 cm³/mol. The van der Waals surface area contributed by atoms with E-state index in [0.717, 1.165) is 25.3 Å². The third-order valence-corrected chi connectivity index (χ3v) is 6.14. The molecular formula is C28H41F2N7O. The molecule has 0 radical (unpaired) electrons. The molecule has 0 atom stereocenters. The number of pyridine rings is 1. The average molecular weight is 530 g/mol. The van der Waals surface area contributed by atoms with Crippen LogP contribution in [0.1, 0.15) is 71.3 Å². The van der Waals surface area contributed by atoms with Crippen molar-refractivity contribution in [1.29, 1.82) is 0 Å². The van der Waals surface area contributed by atoms with Crippen molar-refractivity contribution in [2.24, 2.45) is 0 Å². The van der Waals surface area contributed by atoms with E-state index in [1.807, 2.05) is 34.7 Å². The zero-order valence-electron chi connectivity index (χ0n) is 23.6. The predicted octanol–water partition coefficient (Wildman–Crippen LogP) is 5.33. The van der Waals surface area contributed by atoms with E-state index in [1.54, 1.807) is 37.6 Å². The van der Waals surface area contributed by atoms with Gasteiger partial charge in [0.05, 0.1) is 18.6 Å². The van der Waals surface area contributed by atoms with Gasteiger partial charge in [0, 0.05) is 57.3 Å². The third kappa shape index (κ3) is 7.97. The number of rotatable bonds is 4. The van der Waals surface area contributed by atoms with Crippen molar-refractivity contribution in [3.63, 3.8) is 0 Å². The third-order valence-electron chi connectivity index (χ3n) is 6.14. The topological polar surface area (TPSA) is 87.5 Å². The quantitative estimate of drug-likeness (QED) is 0.475. The minimum absolute atomic E-state index is 0.108. The van der Waals surface area contributed by atoms with E-state index in [4.69, 9.17) is 0 Å². The zero-order chi connectivity index (χ0) is 28.3. The second-order valence-electron chi connectivity index (χ2n) is 8.95. The summed E-state index contributed by atoms with van der Waals surface area (Å²) in [7, 11) is 1.94. The summed E-state index contributed by atoms with van der Waals surface area (Å²) in [5, 5.41) is 9.88. The van der Waals surface area contributed by atoms with Crippen molar-refractivity contribution in [2.75, 3.05) is 25.0 Å². The van der Waals surface area contributed by atoms with E-state index in [0.29, 0.717) is 18.4 Å². The van der Waals surface area contributed by atoms with Gasteiger partial charge in [-0.2, -0.15) is 5.10 Å². The molecule has 10 heteroatoms. The molecule has 0 spiro atoms. The number of fused-ring (bicyclic) bond motifs is 1. The number of hydrogen-bond acceptors (Lipinski definition) is 6. The lowest BCUT2D eigenvalue weighted by Crippen LogP contribution is -2.51. The Morgan fingerprint density at radius 3 is 2.39 bits per heavy atom. The summed E-state index contributed by atoms with van der Waals surface area (Å²) in [6.45, 7) is 13.3. The second kappa shape index (κ2) is 14.4. The summed E-state index contributed by atoms with van der Waals surface area (Å²) >= 11 is 0. The molecule has 4 heterocycles. The number of halogens is 2. The van der Waals surface area contributed by atoms with Crippen LogP contribution in [0.3, 0.4) is 0 Å². The lowest BCUT2D eigenvalue weighted by Gasteiger charge is -2.38. The van der Waals surface area contributed by atoms with Crippen molar-refractivity contribution in [3.05, 3.63) is 65.8 Å². The van der Waals surface area contributed by atoms with Crippen LogP contribution in [0.2, 0.25) is 0 Å². The largest absolute Gasteiger partial charge is 0.391 e. The zero-order valence-corrected chi connectivity index (χ0v) is 23.6. The molecule has 1 aliphatic carbocycles. The van der Waals surface area contributed by atoms with Gasteiger partial charge in [0.2, 0.25) is 0 Å². The van der Waals surface area contributed by atoms with E-state index in [-0.39, 0.29) is 23.5 Å². The summed E-state index contributed by atoms with van der Waals surface area (Å²) in [5.74, 6) is 0.239. The first kappa shape index (κ1) is 30.7. The molecule has 0 unspecified atom stereocenters. The first-order valence-electron chi connectivity index (χ1n) is 13.3. The molecule has 3 aromatic heterocycles. The summed E-state index contributed by atoms with van der Waals surface area (Å²) in [6.07, 6.45) is 8.05. The Labute approximate surface area is 224 Å². The minimum atomic E-state index is -1.15. The number of carbonyl (C=O) groups excluding carboxylic acids is 1. The monoisotopic (exact) mass is 529 g/mol. The van der Waals surface area contributed by atoms with Gasteiger partial charge in [0.1, 0.15) is 28.5 Å². The van der Waals surface area contributed by atoms with Crippen LogP contribution in [0.5, 0.6) is 0 Å². The molecular weight excluding hydrogens is 488 g/mol. The van der Waals surface area contributed by atoms with Gasteiger partial charge in [-0.25, -0.2) is 23.3 Å².